The van der Waals surface area contributed by atoms with Gasteiger partial charge in [0.1, 0.15) is 0 Å². The number of likely N-dealkylation sites (tertiary alicyclic amines) is 1. The maximum atomic E-state index is 12.1. The predicted octanol–water partition coefficient (Wildman–Crippen LogP) is 2.66. The third-order valence-corrected chi connectivity index (χ3v) is 4.66. The van der Waals surface area contributed by atoms with Crippen molar-refractivity contribution in [3.8, 4) is 11.5 Å². The van der Waals surface area contributed by atoms with Gasteiger partial charge in [0.05, 0.1) is 12.5 Å². The molecule has 0 radical (unpaired) electrons. The quantitative estimate of drug-likeness (QED) is 0.551. The Labute approximate surface area is 153 Å². The molecule has 1 atom stereocenters. The van der Waals surface area contributed by atoms with Gasteiger partial charge in [-0.15, -0.1) is 0 Å². The van der Waals surface area contributed by atoms with E-state index in [1.807, 2.05) is 25.1 Å². The number of hydrogen-bond acceptors (Lipinski definition) is 6. The van der Waals surface area contributed by atoms with Crippen LogP contribution in [0.5, 0.6) is 11.5 Å². The fourth-order valence-electron chi connectivity index (χ4n) is 3.27. The number of hydrogen-bond donors (Lipinski definition) is 0. The second-order valence-electron chi connectivity index (χ2n) is 6.55. The van der Waals surface area contributed by atoms with Crippen LogP contribution in [0.1, 0.15) is 31.7 Å². The lowest BCUT2D eigenvalue weighted by atomic mass is 9.98. The summed E-state index contributed by atoms with van der Waals surface area (Å²) in [4.78, 5) is 26.2. The molecule has 0 amide bonds. The average Bonchev–Trinajstić information content (AvgIpc) is 3.13. The van der Waals surface area contributed by atoms with Crippen molar-refractivity contribution in [1.29, 1.82) is 0 Å². The molecule has 2 aliphatic heterocycles. The maximum absolute atomic E-state index is 12.1. The van der Waals surface area contributed by atoms with Gasteiger partial charge in [0.15, 0.2) is 17.3 Å². The smallest absolute Gasteiger partial charge is 0.310 e. The molecule has 2 aliphatic rings. The van der Waals surface area contributed by atoms with E-state index in [0.29, 0.717) is 31.9 Å². The van der Waals surface area contributed by atoms with E-state index in [2.05, 4.69) is 4.90 Å². The van der Waals surface area contributed by atoms with Gasteiger partial charge in [-0.3, -0.25) is 9.59 Å². The van der Waals surface area contributed by atoms with Crippen LogP contribution in [0.25, 0.3) is 6.08 Å². The van der Waals surface area contributed by atoms with E-state index in [1.165, 1.54) is 0 Å². The van der Waals surface area contributed by atoms with Crippen LogP contribution in [0.4, 0.5) is 0 Å². The Hall–Kier alpha value is -2.34. The van der Waals surface area contributed by atoms with Crippen LogP contribution >= 0.6 is 0 Å². The summed E-state index contributed by atoms with van der Waals surface area (Å²) in [7, 11) is 0. The summed E-state index contributed by atoms with van der Waals surface area (Å²) in [6, 6.07) is 5.60. The van der Waals surface area contributed by atoms with Gasteiger partial charge in [-0.1, -0.05) is 12.1 Å². The summed E-state index contributed by atoms with van der Waals surface area (Å²) in [6.45, 7) is 4.75. The molecule has 1 fully saturated rings. The Morgan fingerprint density at radius 2 is 2.15 bits per heavy atom. The number of benzene rings is 1. The van der Waals surface area contributed by atoms with Crippen LogP contribution in [0.15, 0.2) is 24.3 Å². The van der Waals surface area contributed by atoms with E-state index in [-0.39, 0.29) is 24.5 Å². The molecule has 1 aromatic carbocycles. The van der Waals surface area contributed by atoms with Crippen molar-refractivity contribution in [3.63, 3.8) is 0 Å². The maximum Gasteiger partial charge on any atom is 0.310 e. The molecule has 0 aromatic heterocycles. The molecular formula is C20H25NO5. The molecule has 6 heteroatoms. The van der Waals surface area contributed by atoms with Crippen LogP contribution < -0.4 is 9.47 Å². The van der Waals surface area contributed by atoms with Gasteiger partial charge in [-0.05, 0) is 50.1 Å². The molecule has 2 heterocycles. The Morgan fingerprint density at radius 1 is 1.31 bits per heavy atom. The second kappa shape index (κ2) is 8.85. The monoisotopic (exact) mass is 359 g/mol. The Balaban J connectivity index is 1.45. The highest BCUT2D eigenvalue weighted by molar-refractivity contribution is 5.93. The van der Waals surface area contributed by atoms with Crippen molar-refractivity contribution in [2.24, 2.45) is 5.92 Å². The van der Waals surface area contributed by atoms with E-state index in [1.54, 1.807) is 12.2 Å². The standard InChI is InChI=1S/C20H25NO5/c1-2-24-20(23)16-4-3-10-21(13-16)11-9-17(22)7-5-15-6-8-18-19(12-15)26-14-25-18/h5-8,12,16H,2-4,9-11,13-14H2,1H3. The molecule has 0 bridgehead atoms. The third-order valence-electron chi connectivity index (χ3n) is 4.66. The van der Waals surface area contributed by atoms with E-state index in [0.717, 1.165) is 30.7 Å². The molecular weight excluding hydrogens is 334 g/mol. The highest BCUT2D eigenvalue weighted by atomic mass is 16.7. The minimum absolute atomic E-state index is 0.0667. The van der Waals surface area contributed by atoms with E-state index >= 15 is 0 Å². The summed E-state index contributed by atoms with van der Waals surface area (Å²) >= 11 is 0. The van der Waals surface area contributed by atoms with Crippen LogP contribution in [0, 0.1) is 5.92 Å². The number of ether oxygens (including phenoxy) is 3. The molecule has 26 heavy (non-hydrogen) atoms. The number of fused-ring (bicyclic) bond motifs is 1. The summed E-state index contributed by atoms with van der Waals surface area (Å²) in [5.41, 5.74) is 0.906. The molecule has 1 aromatic rings. The molecule has 1 saturated heterocycles. The number of allylic oxidation sites excluding steroid dienone is 1. The number of esters is 1. The molecule has 0 N–H and O–H groups in total. The van der Waals surface area contributed by atoms with Crippen LogP contribution in [0.3, 0.4) is 0 Å². The van der Waals surface area contributed by atoms with Crippen LogP contribution in [-0.2, 0) is 14.3 Å². The zero-order chi connectivity index (χ0) is 18.4. The Morgan fingerprint density at radius 3 is 3.00 bits per heavy atom. The first-order chi connectivity index (χ1) is 12.7. The van der Waals surface area contributed by atoms with Gasteiger partial charge < -0.3 is 19.1 Å². The summed E-state index contributed by atoms with van der Waals surface area (Å²) in [5, 5.41) is 0. The third kappa shape index (κ3) is 4.85. The van der Waals surface area contributed by atoms with Gasteiger partial charge in [0.25, 0.3) is 0 Å². The minimum atomic E-state index is -0.119. The van der Waals surface area contributed by atoms with Gasteiger partial charge in [-0.25, -0.2) is 0 Å². The lowest BCUT2D eigenvalue weighted by Gasteiger charge is -2.31. The van der Waals surface area contributed by atoms with Gasteiger partial charge in [-0.2, -0.15) is 0 Å². The van der Waals surface area contributed by atoms with Gasteiger partial charge >= 0.3 is 5.97 Å². The van der Waals surface area contributed by atoms with Crippen LogP contribution in [-0.4, -0.2) is 49.7 Å². The number of ketones is 1. The van der Waals surface area contributed by atoms with E-state index < -0.39 is 0 Å². The van der Waals surface area contributed by atoms with Gasteiger partial charge in [0.2, 0.25) is 6.79 Å². The number of carbonyl (C=O) groups excluding carboxylic acids is 2. The Bertz CT molecular complexity index is 685. The first-order valence-electron chi connectivity index (χ1n) is 9.15. The summed E-state index contributed by atoms with van der Waals surface area (Å²) in [6.07, 6.45) is 5.67. The number of rotatable bonds is 7. The number of piperidine rings is 1. The van der Waals surface area contributed by atoms with Crippen molar-refractivity contribution in [2.75, 3.05) is 33.0 Å². The largest absolute Gasteiger partial charge is 0.466 e. The first kappa shape index (κ1) is 18.5. The Kier molecular flexibility index (Phi) is 6.28. The first-order valence-corrected chi connectivity index (χ1v) is 9.15. The average molecular weight is 359 g/mol. The number of nitrogens with zero attached hydrogens (tertiary/aromatic N) is 1. The van der Waals surface area contributed by atoms with Crippen molar-refractivity contribution >= 4 is 17.8 Å². The van der Waals surface area contributed by atoms with E-state index in [9.17, 15) is 9.59 Å². The summed E-state index contributed by atoms with van der Waals surface area (Å²) < 4.78 is 15.7. The fourth-order valence-corrected chi connectivity index (χ4v) is 3.27. The zero-order valence-electron chi connectivity index (χ0n) is 15.1. The molecule has 6 nitrogen and oxygen atoms in total. The fraction of sp³-hybridized carbons (Fsp3) is 0.500. The highest BCUT2D eigenvalue weighted by Crippen LogP contribution is 2.32. The zero-order valence-corrected chi connectivity index (χ0v) is 15.1. The predicted molar refractivity (Wildman–Crippen MR) is 97.0 cm³/mol. The van der Waals surface area contributed by atoms with Gasteiger partial charge in [0, 0.05) is 19.5 Å². The van der Waals surface area contributed by atoms with Crippen molar-refractivity contribution in [1.82, 2.24) is 4.90 Å². The normalized spacial score (nSPS) is 19.7. The second-order valence-corrected chi connectivity index (χ2v) is 6.55. The highest BCUT2D eigenvalue weighted by Gasteiger charge is 2.26. The van der Waals surface area contributed by atoms with Crippen LogP contribution in [0.2, 0.25) is 0 Å². The summed E-state index contributed by atoms with van der Waals surface area (Å²) in [5.74, 6) is 1.32. The molecule has 3 rings (SSSR count). The molecule has 0 spiro atoms. The molecule has 0 aliphatic carbocycles. The topological polar surface area (TPSA) is 65.1 Å². The van der Waals surface area contributed by atoms with E-state index in [4.69, 9.17) is 14.2 Å². The molecule has 0 saturated carbocycles. The van der Waals surface area contributed by atoms with Crippen molar-refractivity contribution in [2.45, 2.75) is 26.2 Å². The number of carbonyl (C=O) groups is 2. The molecule has 140 valence electrons. The SMILES string of the molecule is CCOC(=O)C1CCCN(CCC(=O)C=Cc2ccc3c(c2)OCO3)C1. The van der Waals surface area contributed by atoms with Crippen molar-refractivity contribution in [3.05, 3.63) is 29.8 Å². The lowest BCUT2D eigenvalue weighted by Crippen LogP contribution is -2.40. The minimum Gasteiger partial charge on any atom is -0.466 e. The lowest BCUT2D eigenvalue weighted by molar-refractivity contribution is -0.149. The van der Waals surface area contributed by atoms with Crippen molar-refractivity contribution < 1.29 is 23.8 Å². The molecule has 1 unspecified atom stereocenters.